The average Bonchev–Trinajstić information content (AvgIpc) is 2.85. The minimum atomic E-state index is -0.731. The Hall–Kier alpha value is -1.55. The summed E-state index contributed by atoms with van der Waals surface area (Å²) in [5.41, 5.74) is 7.61. The summed E-state index contributed by atoms with van der Waals surface area (Å²) >= 11 is 0. The van der Waals surface area contributed by atoms with Crippen LogP contribution in [0.15, 0.2) is 18.2 Å². The van der Waals surface area contributed by atoms with Gasteiger partial charge in [-0.3, -0.25) is 4.79 Å². The van der Waals surface area contributed by atoms with Crippen molar-refractivity contribution in [3.8, 4) is 5.75 Å². The van der Waals surface area contributed by atoms with Crippen molar-refractivity contribution < 1.29 is 9.53 Å². The maximum Gasteiger partial charge on any atom is 0.237 e. The number of hydrogen-bond acceptors (Lipinski definition) is 3. The van der Waals surface area contributed by atoms with Crippen LogP contribution in [0.1, 0.15) is 44.7 Å². The van der Waals surface area contributed by atoms with Gasteiger partial charge in [0.2, 0.25) is 5.91 Å². The van der Waals surface area contributed by atoms with Gasteiger partial charge in [-0.2, -0.15) is 0 Å². The van der Waals surface area contributed by atoms with E-state index in [4.69, 9.17) is 10.5 Å². The summed E-state index contributed by atoms with van der Waals surface area (Å²) in [5, 5.41) is 3.16. The van der Waals surface area contributed by atoms with Crippen molar-refractivity contribution in [2.75, 3.05) is 6.54 Å². The highest BCUT2D eigenvalue weighted by Crippen LogP contribution is 2.27. The highest BCUT2D eigenvalue weighted by molar-refractivity contribution is 5.84. The first kappa shape index (κ1) is 15.8. The monoisotopic (exact) mass is 290 g/mol. The molecule has 116 valence electrons. The number of carbonyl (C=O) groups excluding carboxylic acids is 1. The van der Waals surface area contributed by atoms with E-state index in [9.17, 15) is 4.79 Å². The van der Waals surface area contributed by atoms with Crippen LogP contribution in [-0.4, -0.2) is 24.1 Å². The maximum atomic E-state index is 11.7. The minimum absolute atomic E-state index is 0.0824. The second kappa shape index (κ2) is 6.48. The SMILES string of the molecule is CCNC(C)(CC(C)Oc1ccc2c(c1)CCC2)C(N)=O. The molecule has 1 aliphatic carbocycles. The molecule has 2 rings (SSSR count). The number of nitrogens with two attached hydrogens (primary N) is 1. The van der Waals surface area contributed by atoms with Crippen LogP contribution in [-0.2, 0) is 17.6 Å². The Labute approximate surface area is 127 Å². The Bertz CT molecular complexity index is 516. The van der Waals surface area contributed by atoms with Crippen LogP contribution in [0.2, 0.25) is 0 Å². The predicted molar refractivity (Wildman–Crippen MR) is 84.5 cm³/mol. The number of aryl methyl sites for hydroxylation is 2. The molecule has 0 fully saturated rings. The van der Waals surface area contributed by atoms with Crippen LogP contribution in [0.25, 0.3) is 0 Å². The summed E-state index contributed by atoms with van der Waals surface area (Å²) < 4.78 is 5.98. The summed E-state index contributed by atoms with van der Waals surface area (Å²) in [6.45, 7) is 6.48. The van der Waals surface area contributed by atoms with Crippen LogP contribution in [0.4, 0.5) is 0 Å². The molecule has 1 amide bonds. The molecule has 2 unspecified atom stereocenters. The molecule has 1 aromatic carbocycles. The zero-order valence-corrected chi connectivity index (χ0v) is 13.2. The molecule has 4 heteroatoms. The molecule has 21 heavy (non-hydrogen) atoms. The lowest BCUT2D eigenvalue weighted by atomic mass is 9.94. The van der Waals surface area contributed by atoms with Gasteiger partial charge in [0.05, 0.1) is 11.6 Å². The van der Waals surface area contributed by atoms with Gasteiger partial charge in [-0.15, -0.1) is 0 Å². The van der Waals surface area contributed by atoms with E-state index in [-0.39, 0.29) is 12.0 Å². The molecule has 0 saturated heterocycles. The fraction of sp³-hybridized carbons (Fsp3) is 0.588. The summed E-state index contributed by atoms with van der Waals surface area (Å²) in [6, 6.07) is 6.31. The van der Waals surface area contributed by atoms with Gasteiger partial charge in [0.15, 0.2) is 0 Å². The van der Waals surface area contributed by atoms with Crippen molar-refractivity contribution in [2.24, 2.45) is 5.73 Å². The molecule has 0 aromatic heterocycles. The predicted octanol–water partition coefficient (Wildman–Crippen LogP) is 2.19. The summed E-state index contributed by atoms with van der Waals surface area (Å²) in [4.78, 5) is 11.7. The number of primary amides is 1. The first-order valence-electron chi connectivity index (χ1n) is 7.78. The van der Waals surface area contributed by atoms with Crippen LogP contribution in [0, 0.1) is 0 Å². The average molecular weight is 290 g/mol. The largest absolute Gasteiger partial charge is 0.491 e. The van der Waals surface area contributed by atoms with Gasteiger partial charge in [-0.05, 0) is 62.9 Å². The number of rotatable bonds is 7. The molecule has 0 radical (unpaired) electrons. The Morgan fingerprint density at radius 3 is 2.81 bits per heavy atom. The van der Waals surface area contributed by atoms with Gasteiger partial charge in [0, 0.05) is 6.42 Å². The molecule has 0 saturated carbocycles. The van der Waals surface area contributed by atoms with Gasteiger partial charge in [-0.25, -0.2) is 0 Å². The van der Waals surface area contributed by atoms with Crippen molar-refractivity contribution in [3.05, 3.63) is 29.3 Å². The lowest BCUT2D eigenvalue weighted by Crippen LogP contribution is -2.55. The smallest absolute Gasteiger partial charge is 0.237 e. The Kier molecular flexibility index (Phi) is 4.88. The number of nitrogens with one attached hydrogen (secondary N) is 1. The van der Waals surface area contributed by atoms with E-state index >= 15 is 0 Å². The van der Waals surface area contributed by atoms with Crippen molar-refractivity contribution in [3.63, 3.8) is 0 Å². The number of amides is 1. The third kappa shape index (κ3) is 3.76. The van der Waals surface area contributed by atoms with E-state index in [1.165, 1.54) is 24.0 Å². The first-order valence-corrected chi connectivity index (χ1v) is 7.78. The number of benzene rings is 1. The van der Waals surface area contributed by atoms with Gasteiger partial charge < -0.3 is 15.8 Å². The highest BCUT2D eigenvalue weighted by atomic mass is 16.5. The van der Waals surface area contributed by atoms with E-state index in [0.29, 0.717) is 13.0 Å². The number of carbonyl (C=O) groups is 1. The molecule has 1 aliphatic rings. The molecule has 4 nitrogen and oxygen atoms in total. The van der Waals surface area contributed by atoms with Gasteiger partial charge >= 0.3 is 0 Å². The van der Waals surface area contributed by atoms with E-state index in [1.807, 2.05) is 26.8 Å². The van der Waals surface area contributed by atoms with Crippen LogP contribution < -0.4 is 15.8 Å². The molecule has 0 heterocycles. The third-order valence-corrected chi connectivity index (χ3v) is 4.21. The Balaban J connectivity index is 2.00. The zero-order valence-electron chi connectivity index (χ0n) is 13.2. The third-order valence-electron chi connectivity index (χ3n) is 4.21. The molecule has 0 bridgehead atoms. The van der Waals surface area contributed by atoms with E-state index < -0.39 is 5.54 Å². The second-order valence-corrected chi connectivity index (χ2v) is 6.14. The normalized spacial score (nSPS) is 17.9. The van der Waals surface area contributed by atoms with E-state index in [1.54, 1.807) is 0 Å². The molecular weight excluding hydrogens is 264 g/mol. The number of likely N-dealkylation sites (N-methyl/N-ethyl adjacent to an activating group) is 1. The second-order valence-electron chi connectivity index (χ2n) is 6.14. The van der Waals surface area contributed by atoms with Crippen molar-refractivity contribution in [1.82, 2.24) is 5.32 Å². The summed E-state index contributed by atoms with van der Waals surface area (Å²) in [5.74, 6) is 0.542. The lowest BCUT2D eigenvalue weighted by molar-refractivity contribution is -0.124. The number of hydrogen-bond donors (Lipinski definition) is 2. The molecule has 3 N–H and O–H groups in total. The van der Waals surface area contributed by atoms with Crippen molar-refractivity contribution in [1.29, 1.82) is 0 Å². The number of fused-ring (bicyclic) bond motifs is 1. The Morgan fingerprint density at radius 1 is 1.43 bits per heavy atom. The Morgan fingerprint density at radius 2 is 2.14 bits per heavy atom. The minimum Gasteiger partial charge on any atom is -0.491 e. The van der Waals surface area contributed by atoms with Gasteiger partial charge in [-0.1, -0.05) is 13.0 Å². The van der Waals surface area contributed by atoms with Gasteiger partial charge in [0.1, 0.15) is 5.75 Å². The van der Waals surface area contributed by atoms with Crippen molar-refractivity contribution in [2.45, 2.75) is 58.1 Å². The fourth-order valence-electron chi connectivity index (χ4n) is 3.12. The molecule has 1 aromatic rings. The summed E-state index contributed by atoms with van der Waals surface area (Å²) in [6.07, 6.45) is 4.01. The van der Waals surface area contributed by atoms with E-state index in [0.717, 1.165) is 12.2 Å². The maximum absolute atomic E-state index is 11.7. The topological polar surface area (TPSA) is 64.3 Å². The zero-order chi connectivity index (χ0) is 15.5. The molecule has 2 atom stereocenters. The summed E-state index contributed by atoms with van der Waals surface area (Å²) in [7, 11) is 0. The highest BCUT2D eigenvalue weighted by Gasteiger charge is 2.32. The molecular formula is C17H26N2O2. The molecule has 0 spiro atoms. The van der Waals surface area contributed by atoms with Crippen LogP contribution in [0.5, 0.6) is 5.75 Å². The van der Waals surface area contributed by atoms with Crippen LogP contribution >= 0.6 is 0 Å². The molecule has 0 aliphatic heterocycles. The number of ether oxygens (including phenoxy) is 1. The van der Waals surface area contributed by atoms with E-state index in [2.05, 4.69) is 17.4 Å². The standard InChI is InChI=1S/C17H26N2O2/c1-4-19-17(3,16(18)20)11-12(2)21-15-9-8-13-6-5-7-14(13)10-15/h8-10,12,19H,4-7,11H2,1-3H3,(H2,18,20). The quantitative estimate of drug-likeness (QED) is 0.809. The van der Waals surface area contributed by atoms with Gasteiger partial charge in [0.25, 0.3) is 0 Å². The fourth-order valence-corrected chi connectivity index (χ4v) is 3.12. The van der Waals surface area contributed by atoms with Crippen molar-refractivity contribution >= 4 is 5.91 Å². The first-order chi connectivity index (χ1) is 9.94. The van der Waals surface area contributed by atoms with Crippen LogP contribution in [0.3, 0.4) is 0 Å². The lowest BCUT2D eigenvalue weighted by Gasteiger charge is -2.30.